The Morgan fingerprint density at radius 1 is 1.43 bits per heavy atom. The zero-order chi connectivity index (χ0) is 16.8. The van der Waals surface area contributed by atoms with Crippen LogP contribution in [0.5, 0.6) is 0 Å². The van der Waals surface area contributed by atoms with E-state index in [1.807, 2.05) is 6.92 Å². The van der Waals surface area contributed by atoms with Crippen molar-refractivity contribution < 1.29 is 9.72 Å². The van der Waals surface area contributed by atoms with Gasteiger partial charge < -0.3 is 0 Å². The Morgan fingerprint density at radius 3 is 2.70 bits per heavy atom. The summed E-state index contributed by atoms with van der Waals surface area (Å²) >= 11 is 0. The number of non-ortho nitro benzene ring substituents is 1. The highest BCUT2D eigenvalue weighted by molar-refractivity contribution is 6.24. The molecule has 0 spiro atoms. The molecule has 0 N–H and O–H groups in total. The molecule has 0 fully saturated rings. The van der Waals surface area contributed by atoms with Gasteiger partial charge in [0.2, 0.25) is 0 Å². The van der Waals surface area contributed by atoms with Crippen molar-refractivity contribution in [1.82, 2.24) is 0 Å². The summed E-state index contributed by atoms with van der Waals surface area (Å²) in [5.74, 6) is -0.680. The minimum absolute atomic E-state index is 0.0257. The van der Waals surface area contributed by atoms with Gasteiger partial charge >= 0.3 is 0 Å². The fraction of sp³-hybridized carbons (Fsp3) is 0.312. The van der Waals surface area contributed by atoms with Crippen LogP contribution in [0.4, 0.5) is 11.4 Å². The molecule has 0 aromatic heterocycles. The number of hydrogen-bond acceptors (Lipinski definition) is 5. The van der Waals surface area contributed by atoms with Crippen molar-refractivity contribution in [3.63, 3.8) is 0 Å². The number of aliphatic imine (C=N–C) groups is 1. The molecular formula is C16H18N4O3. The molecule has 1 aromatic rings. The average Bonchev–Trinajstić information content (AvgIpc) is 2.85. The molecule has 1 aliphatic heterocycles. The molecule has 7 nitrogen and oxygen atoms in total. The summed E-state index contributed by atoms with van der Waals surface area (Å²) in [7, 11) is 0. The highest BCUT2D eigenvalue weighted by atomic mass is 16.6. The van der Waals surface area contributed by atoms with Gasteiger partial charge in [0, 0.05) is 18.3 Å². The van der Waals surface area contributed by atoms with Gasteiger partial charge in [-0.3, -0.25) is 19.9 Å². The predicted octanol–water partition coefficient (Wildman–Crippen LogP) is 2.97. The van der Waals surface area contributed by atoms with E-state index < -0.39 is 10.8 Å². The van der Waals surface area contributed by atoms with Crippen molar-refractivity contribution in [2.45, 2.75) is 19.8 Å². The van der Waals surface area contributed by atoms with Crippen LogP contribution in [0.2, 0.25) is 0 Å². The summed E-state index contributed by atoms with van der Waals surface area (Å²) in [4.78, 5) is 26.9. The molecule has 0 saturated carbocycles. The maximum atomic E-state index is 12.6. The van der Waals surface area contributed by atoms with E-state index >= 15 is 0 Å². The molecule has 0 bridgehead atoms. The van der Waals surface area contributed by atoms with Crippen molar-refractivity contribution in [3.05, 3.63) is 47.0 Å². The normalized spacial score (nSPS) is 17.6. The van der Waals surface area contributed by atoms with Gasteiger partial charge in [0.05, 0.1) is 22.9 Å². The van der Waals surface area contributed by atoms with Crippen LogP contribution >= 0.6 is 0 Å². The number of nitrogens with zero attached hydrogens (tertiary/aromatic N) is 4. The van der Waals surface area contributed by atoms with E-state index in [1.54, 1.807) is 12.3 Å². The smallest absolute Gasteiger partial charge is 0.269 e. The van der Waals surface area contributed by atoms with Gasteiger partial charge in [-0.25, -0.2) is 0 Å². The Balaban J connectivity index is 2.26. The van der Waals surface area contributed by atoms with Crippen LogP contribution in [0.1, 0.15) is 19.8 Å². The largest absolute Gasteiger partial charge is 0.292 e. The number of carbonyl (C=O) groups excluding carboxylic acids is 1. The molecular weight excluding hydrogens is 296 g/mol. The zero-order valence-electron chi connectivity index (χ0n) is 12.9. The predicted molar refractivity (Wildman–Crippen MR) is 90.0 cm³/mol. The molecule has 0 radical (unpaired) electrons. The van der Waals surface area contributed by atoms with Gasteiger partial charge in [-0.15, -0.1) is 6.58 Å². The van der Waals surface area contributed by atoms with Crippen molar-refractivity contribution >= 4 is 29.2 Å². The number of hydrogen-bond donors (Lipinski definition) is 0. The first-order chi connectivity index (χ1) is 11.1. The van der Waals surface area contributed by atoms with Crippen molar-refractivity contribution in [2.75, 3.05) is 11.6 Å². The summed E-state index contributed by atoms with van der Waals surface area (Å²) in [6.45, 7) is 6.05. The molecule has 1 aliphatic rings. The number of amides is 1. The summed E-state index contributed by atoms with van der Waals surface area (Å²) in [6, 6.07) is 5.76. The molecule has 1 amide bonds. The lowest BCUT2D eigenvalue weighted by Gasteiger charge is -2.12. The van der Waals surface area contributed by atoms with E-state index in [1.165, 1.54) is 29.3 Å². The Labute approximate surface area is 134 Å². The molecule has 0 saturated heterocycles. The van der Waals surface area contributed by atoms with Crippen LogP contribution < -0.4 is 5.01 Å². The molecule has 1 aromatic carbocycles. The van der Waals surface area contributed by atoms with Crippen molar-refractivity contribution in [3.8, 4) is 0 Å². The monoisotopic (exact) mass is 314 g/mol. The lowest BCUT2D eigenvalue weighted by molar-refractivity contribution is -0.384. The van der Waals surface area contributed by atoms with E-state index in [2.05, 4.69) is 16.7 Å². The van der Waals surface area contributed by atoms with Gasteiger partial charge in [-0.05, 0) is 18.6 Å². The van der Waals surface area contributed by atoms with Crippen LogP contribution in [0.25, 0.3) is 0 Å². The van der Waals surface area contributed by atoms with Crippen LogP contribution in [-0.2, 0) is 4.79 Å². The van der Waals surface area contributed by atoms with E-state index in [0.29, 0.717) is 18.7 Å². The van der Waals surface area contributed by atoms with E-state index in [0.717, 1.165) is 12.1 Å². The topological polar surface area (TPSA) is 88.2 Å². The SMILES string of the molecule is C=CCN=C[C@H]1C(=O)N(c2ccc([N+](=O)[O-])cc2)N=C1CCC. The van der Waals surface area contributed by atoms with E-state index in [9.17, 15) is 14.9 Å². The first-order valence-electron chi connectivity index (χ1n) is 7.35. The lowest BCUT2D eigenvalue weighted by Crippen LogP contribution is -2.28. The Bertz CT molecular complexity index is 664. The number of rotatable bonds is 7. The molecule has 120 valence electrons. The second-order valence-corrected chi connectivity index (χ2v) is 5.05. The van der Waals surface area contributed by atoms with E-state index in [4.69, 9.17) is 0 Å². The number of carbonyl (C=O) groups is 1. The number of benzene rings is 1. The second kappa shape index (κ2) is 7.44. The number of nitro groups is 1. The fourth-order valence-corrected chi connectivity index (χ4v) is 2.27. The van der Waals surface area contributed by atoms with Crippen LogP contribution in [-0.4, -0.2) is 29.3 Å². The van der Waals surface area contributed by atoms with Crippen LogP contribution in [0.15, 0.2) is 47.0 Å². The molecule has 23 heavy (non-hydrogen) atoms. The molecule has 1 atom stereocenters. The van der Waals surface area contributed by atoms with Crippen molar-refractivity contribution in [1.29, 1.82) is 0 Å². The minimum atomic E-state index is -0.481. The standard InChI is InChI=1S/C16H18N4O3/c1-3-5-15-14(11-17-10-4-2)16(21)19(18-15)12-6-8-13(9-7-12)20(22)23/h4,6-9,11,14H,2-3,5,10H2,1H3/t14-/m1/s1. The Hall–Kier alpha value is -2.83. The van der Waals surface area contributed by atoms with Gasteiger partial charge in [0.25, 0.3) is 11.6 Å². The van der Waals surface area contributed by atoms with Crippen LogP contribution in [0, 0.1) is 16.0 Å². The van der Waals surface area contributed by atoms with Gasteiger partial charge in [0.1, 0.15) is 5.92 Å². The second-order valence-electron chi connectivity index (χ2n) is 5.05. The highest BCUT2D eigenvalue weighted by Crippen LogP contribution is 2.26. The third kappa shape index (κ3) is 3.68. The molecule has 2 rings (SSSR count). The number of anilines is 1. The Kier molecular flexibility index (Phi) is 5.35. The zero-order valence-corrected chi connectivity index (χ0v) is 12.9. The van der Waals surface area contributed by atoms with Gasteiger partial charge in [-0.2, -0.15) is 10.1 Å². The van der Waals surface area contributed by atoms with Crippen LogP contribution in [0.3, 0.4) is 0 Å². The maximum Gasteiger partial charge on any atom is 0.269 e. The fourth-order valence-electron chi connectivity index (χ4n) is 2.27. The molecule has 7 heteroatoms. The third-order valence-electron chi connectivity index (χ3n) is 3.36. The summed E-state index contributed by atoms with van der Waals surface area (Å²) in [5.41, 5.74) is 1.24. The number of nitro benzene ring substituents is 1. The maximum absolute atomic E-state index is 12.6. The molecule has 1 heterocycles. The molecule has 0 unspecified atom stereocenters. The van der Waals surface area contributed by atoms with Gasteiger partial charge in [-0.1, -0.05) is 19.4 Å². The van der Waals surface area contributed by atoms with Crippen molar-refractivity contribution in [2.24, 2.45) is 16.0 Å². The Morgan fingerprint density at radius 2 is 2.13 bits per heavy atom. The number of hydrazone groups is 1. The first kappa shape index (κ1) is 16.5. The van der Waals surface area contributed by atoms with Gasteiger partial charge in [0.15, 0.2) is 0 Å². The summed E-state index contributed by atoms with van der Waals surface area (Å²) < 4.78 is 0. The summed E-state index contributed by atoms with van der Waals surface area (Å²) in [5, 5.41) is 16.4. The lowest BCUT2D eigenvalue weighted by atomic mass is 10.0. The summed E-state index contributed by atoms with van der Waals surface area (Å²) in [6.07, 6.45) is 4.82. The molecule has 0 aliphatic carbocycles. The van der Waals surface area contributed by atoms with E-state index in [-0.39, 0.29) is 11.6 Å². The minimum Gasteiger partial charge on any atom is -0.292 e. The average molecular weight is 314 g/mol. The highest BCUT2D eigenvalue weighted by Gasteiger charge is 2.34. The quantitative estimate of drug-likeness (QED) is 0.335. The first-order valence-corrected chi connectivity index (χ1v) is 7.35. The third-order valence-corrected chi connectivity index (χ3v) is 3.36.